The number of nitrogen functional groups attached to an aromatic ring is 1. The van der Waals surface area contributed by atoms with Crippen molar-refractivity contribution in [2.24, 2.45) is 5.41 Å². The van der Waals surface area contributed by atoms with Crippen molar-refractivity contribution in [1.29, 1.82) is 0 Å². The molecule has 2 rings (SSSR count). The van der Waals surface area contributed by atoms with Gasteiger partial charge in [0.05, 0.1) is 17.6 Å². The SMILES string of the molecule is CC1(C)CCC(OCc2ccc([N+](=O)[O-])c(N)c2)CC1. The molecule has 110 valence electrons. The van der Waals surface area contributed by atoms with Gasteiger partial charge in [-0.15, -0.1) is 0 Å². The summed E-state index contributed by atoms with van der Waals surface area (Å²) >= 11 is 0. The number of nitro groups is 1. The van der Waals surface area contributed by atoms with Crippen LogP contribution in [0.3, 0.4) is 0 Å². The van der Waals surface area contributed by atoms with Gasteiger partial charge in [0.2, 0.25) is 0 Å². The van der Waals surface area contributed by atoms with Crippen LogP contribution in [-0.2, 0) is 11.3 Å². The minimum Gasteiger partial charge on any atom is -0.393 e. The first kappa shape index (κ1) is 14.8. The van der Waals surface area contributed by atoms with Gasteiger partial charge in [0.1, 0.15) is 5.69 Å². The van der Waals surface area contributed by atoms with Gasteiger partial charge in [0, 0.05) is 6.07 Å². The molecule has 0 heterocycles. The molecular formula is C15H22N2O3. The molecule has 0 aromatic heterocycles. The second-order valence-electron chi connectivity index (χ2n) is 6.32. The van der Waals surface area contributed by atoms with E-state index in [9.17, 15) is 10.1 Å². The maximum absolute atomic E-state index is 10.7. The molecule has 0 radical (unpaired) electrons. The smallest absolute Gasteiger partial charge is 0.292 e. The lowest BCUT2D eigenvalue weighted by Gasteiger charge is -2.34. The Morgan fingerprint density at radius 3 is 2.60 bits per heavy atom. The Balaban J connectivity index is 1.89. The van der Waals surface area contributed by atoms with E-state index in [2.05, 4.69) is 13.8 Å². The van der Waals surface area contributed by atoms with Crippen LogP contribution in [0.4, 0.5) is 11.4 Å². The Kier molecular flexibility index (Phi) is 4.28. The van der Waals surface area contributed by atoms with E-state index in [0.717, 1.165) is 18.4 Å². The fourth-order valence-corrected chi connectivity index (χ4v) is 2.61. The first-order valence-corrected chi connectivity index (χ1v) is 7.02. The first-order chi connectivity index (χ1) is 9.37. The predicted molar refractivity (Wildman–Crippen MR) is 78.3 cm³/mol. The molecule has 1 fully saturated rings. The van der Waals surface area contributed by atoms with Crippen LogP contribution in [0.15, 0.2) is 18.2 Å². The molecule has 0 aliphatic heterocycles. The van der Waals surface area contributed by atoms with Gasteiger partial charge in [-0.3, -0.25) is 10.1 Å². The molecule has 2 N–H and O–H groups in total. The van der Waals surface area contributed by atoms with E-state index in [1.807, 2.05) is 0 Å². The third-order valence-electron chi connectivity index (χ3n) is 4.06. The van der Waals surface area contributed by atoms with Gasteiger partial charge in [-0.1, -0.05) is 13.8 Å². The van der Waals surface area contributed by atoms with E-state index < -0.39 is 4.92 Å². The van der Waals surface area contributed by atoms with Crippen LogP contribution in [0.1, 0.15) is 45.1 Å². The lowest BCUT2D eigenvalue weighted by Crippen LogP contribution is -2.26. The van der Waals surface area contributed by atoms with E-state index in [1.165, 1.54) is 18.9 Å². The van der Waals surface area contributed by atoms with Crippen LogP contribution >= 0.6 is 0 Å². The van der Waals surface area contributed by atoms with Crippen molar-refractivity contribution in [2.45, 2.75) is 52.2 Å². The minimum absolute atomic E-state index is 0.0480. The largest absolute Gasteiger partial charge is 0.393 e. The molecule has 1 saturated carbocycles. The van der Waals surface area contributed by atoms with Crippen molar-refractivity contribution in [3.05, 3.63) is 33.9 Å². The highest BCUT2D eigenvalue weighted by atomic mass is 16.6. The van der Waals surface area contributed by atoms with Gasteiger partial charge in [-0.25, -0.2) is 0 Å². The summed E-state index contributed by atoms with van der Waals surface area (Å²) in [6.45, 7) is 5.05. The molecule has 0 spiro atoms. The standard InChI is InChI=1S/C15H22N2O3/c1-15(2)7-5-12(6-8-15)20-10-11-3-4-14(17(18)19)13(16)9-11/h3-4,9,12H,5-8,10,16H2,1-2H3. The average molecular weight is 278 g/mol. The van der Waals surface area contributed by atoms with Crippen LogP contribution in [-0.4, -0.2) is 11.0 Å². The fraction of sp³-hybridized carbons (Fsp3) is 0.600. The maximum Gasteiger partial charge on any atom is 0.292 e. The molecule has 1 aromatic carbocycles. The Labute approximate surface area is 119 Å². The zero-order chi connectivity index (χ0) is 14.8. The van der Waals surface area contributed by atoms with Crippen molar-refractivity contribution >= 4 is 11.4 Å². The third kappa shape index (κ3) is 3.70. The van der Waals surface area contributed by atoms with Crippen LogP contribution in [0.25, 0.3) is 0 Å². The van der Waals surface area contributed by atoms with E-state index in [0.29, 0.717) is 18.1 Å². The number of ether oxygens (including phenoxy) is 1. The summed E-state index contributed by atoms with van der Waals surface area (Å²) in [5, 5.41) is 10.7. The van der Waals surface area contributed by atoms with Gasteiger partial charge in [0.15, 0.2) is 0 Å². The highest BCUT2D eigenvalue weighted by Crippen LogP contribution is 2.36. The van der Waals surface area contributed by atoms with E-state index >= 15 is 0 Å². The van der Waals surface area contributed by atoms with Crippen LogP contribution in [0.5, 0.6) is 0 Å². The monoisotopic (exact) mass is 278 g/mol. The molecule has 20 heavy (non-hydrogen) atoms. The summed E-state index contributed by atoms with van der Waals surface area (Å²) in [6, 6.07) is 4.78. The van der Waals surface area contributed by atoms with Crippen LogP contribution in [0, 0.1) is 15.5 Å². The van der Waals surface area contributed by atoms with Gasteiger partial charge < -0.3 is 10.5 Å². The quantitative estimate of drug-likeness (QED) is 0.518. The number of benzene rings is 1. The van der Waals surface area contributed by atoms with Crippen molar-refractivity contribution in [3.8, 4) is 0 Å². The number of anilines is 1. The molecule has 1 aliphatic rings. The minimum atomic E-state index is -0.469. The normalized spacial score (nSPS) is 18.9. The lowest BCUT2D eigenvalue weighted by atomic mass is 9.76. The molecule has 0 amide bonds. The van der Waals surface area contributed by atoms with Crippen molar-refractivity contribution in [3.63, 3.8) is 0 Å². The molecule has 1 aliphatic carbocycles. The molecule has 5 nitrogen and oxygen atoms in total. The van der Waals surface area contributed by atoms with E-state index in [4.69, 9.17) is 10.5 Å². The molecule has 0 saturated heterocycles. The zero-order valence-electron chi connectivity index (χ0n) is 12.1. The molecule has 0 bridgehead atoms. The van der Waals surface area contributed by atoms with Gasteiger partial charge >= 0.3 is 0 Å². The number of nitro benzene ring substituents is 1. The molecule has 1 aromatic rings. The number of rotatable bonds is 4. The van der Waals surface area contributed by atoms with E-state index in [1.54, 1.807) is 12.1 Å². The van der Waals surface area contributed by atoms with Gasteiger partial charge in [-0.2, -0.15) is 0 Å². The summed E-state index contributed by atoms with van der Waals surface area (Å²) in [7, 11) is 0. The van der Waals surface area contributed by atoms with Crippen LogP contribution < -0.4 is 5.73 Å². The maximum atomic E-state index is 10.7. The number of hydrogen-bond donors (Lipinski definition) is 1. The number of nitrogens with two attached hydrogens (primary N) is 1. The van der Waals surface area contributed by atoms with Crippen molar-refractivity contribution in [2.75, 3.05) is 5.73 Å². The topological polar surface area (TPSA) is 78.4 Å². The Morgan fingerprint density at radius 1 is 1.40 bits per heavy atom. The molecular weight excluding hydrogens is 256 g/mol. The number of hydrogen-bond acceptors (Lipinski definition) is 4. The summed E-state index contributed by atoms with van der Waals surface area (Å²) in [6.07, 6.45) is 4.81. The fourth-order valence-electron chi connectivity index (χ4n) is 2.61. The first-order valence-electron chi connectivity index (χ1n) is 7.02. The highest BCUT2D eigenvalue weighted by Gasteiger charge is 2.27. The second-order valence-corrected chi connectivity index (χ2v) is 6.32. The predicted octanol–water partition coefficient (Wildman–Crippen LogP) is 3.66. The van der Waals surface area contributed by atoms with Crippen LogP contribution in [0.2, 0.25) is 0 Å². The lowest BCUT2D eigenvalue weighted by molar-refractivity contribution is -0.383. The summed E-state index contributed by atoms with van der Waals surface area (Å²) < 4.78 is 5.89. The Bertz CT molecular complexity index is 490. The van der Waals surface area contributed by atoms with Gasteiger partial charge in [0.25, 0.3) is 5.69 Å². The molecule has 0 atom stereocenters. The second kappa shape index (κ2) is 5.79. The summed E-state index contributed by atoms with van der Waals surface area (Å²) in [4.78, 5) is 10.2. The third-order valence-corrected chi connectivity index (χ3v) is 4.06. The van der Waals surface area contributed by atoms with E-state index in [-0.39, 0.29) is 11.4 Å². The van der Waals surface area contributed by atoms with Crippen molar-refractivity contribution in [1.82, 2.24) is 0 Å². The summed E-state index contributed by atoms with van der Waals surface area (Å²) in [5.41, 5.74) is 7.13. The Hall–Kier alpha value is -1.62. The average Bonchev–Trinajstić information content (AvgIpc) is 2.37. The Morgan fingerprint density at radius 2 is 2.05 bits per heavy atom. The van der Waals surface area contributed by atoms with Gasteiger partial charge in [-0.05, 0) is 48.8 Å². The highest BCUT2D eigenvalue weighted by molar-refractivity contribution is 5.59. The zero-order valence-corrected chi connectivity index (χ0v) is 12.1. The number of nitrogens with zero attached hydrogens (tertiary/aromatic N) is 1. The molecule has 5 heteroatoms. The summed E-state index contributed by atoms with van der Waals surface area (Å²) in [5.74, 6) is 0. The van der Waals surface area contributed by atoms with Crippen molar-refractivity contribution < 1.29 is 9.66 Å². The molecule has 0 unspecified atom stereocenters.